The quantitative estimate of drug-likeness (QED) is 0.656. The van der Waals surface area contributed by atoms with Crippen LogP contribution in [0, 0.1) is 0 Å². The molecule has 94 valence electrons. The third kappa shape index (κ3) is 5.28. The highest BCUT2D eigenvalue weighted by molar-refractivity contribution is 5.85. The van der Waals surface area contributed by atoms with Gasteiger partial charge in [0.1, 0.15) is 5.69 Å². The van der Waals surface area contributed by atoms with E-state index in [9.17, 15) is 4.79 Å². The van der Waals surface area contributed by atoms with Gasteiger partial charge in [0.25, 0.3) is 0 Å². The summed E-state index contributed by atoms with van der Waals surface area (Å²) in [5.41, 5.74) is 0.803. The summed E-state index contributed by atoms with van der Waals surface area (Å²) < 4.78 is 10.1. The highest BCUT2D eigenvalue weighted by atomic mass is 16.5. The molecule has 0 fully saturated rings. The van der Waals surface area contributed by atoms with E-state index in [1.54, 1.807) is 13.2 Å². The minimum absolute atomic E-state index is 0.0342. The fourth-order valence-electron chi connectivity index (χ4n) is 1.14. The van der Waals surface area contributed by atoms with Gasteiger partial charge in [0.05, 0.1) is 31.7 Å². The number of aromatic carboxylic acids is 1. The molecule has 1 aromatic heterocycles. The van der Waals surface area contributed by atoms with Crippen LogP contribution in [0.25, 0.3) is 0 Å². The van der Waals surface area contributed by atoms with Crippen LogP contribution in [0.4, 0.5) is 5.69 Å². The predicted octanol–water partition coefficient (Wildman–Crippen LogP) is 0.855. The van der Waals surface area contributed by atoms with Gasteiger partial charge >= 0.3 is 5.97 Å². The van der Waals surface area contributed by atoms with Gasteiger partial charge in [-0.05, 0) is 12.1 Å². The number of carboxylic acids is 1. The second-order valence-corrected chi connectivity index (χ2v) is 3.27. The van der Waals surface area contributed by atoms with E-state index >= 15 is 0 Å². The molecule has 1 aromatic rings. The second-order valence-electron chi connectivity index (χ2n) is 3.27. The second kappa shape index (κ2) is 7.59. The van der Waals surface area contributed by atoms with Crippen LogP contribution in [0.5, 0.6) is 0 Å². The first kappa shape index (κ1) is 13.4. The maximum absolute atomic E-state index is 10.6. The highest BCUT2D eigenvalue weighted by Gasteiger charge is 2.02. The highest BCUT2D eigenvalue weighted by Crippen LogP contribution is 2.05. The summed E-state index contributed by atoms with van der Waals surface area (Å²) in [4.78, 5) is 14.3. The van der Waals surface area contributed by atoms with Crippen LogP contribution in [0.15, 0.2) is 18.3 Å². The van der Waals surface area contributed by atoms with E-state index in [0.717, 1.165) is 5.69 Å². The Bertz CT molecular complexity index is 340. The standard InChI is InChI=1S/C11H16N2O4/c1-16-6-7-17-5-4-12-9-2-3-10(11(14)15)13-8-9/h2-3,8,12H,4-7H2,1H3,(H,14,15). The number of carbonyl (C=O) groups is 1. The van der Waals surface area contributed by atoms with E-state index in [-0.39, 0.29) is 5.69 Å². The van der Waals surface area contributed by atoms with Gasteiger partial charge in [0.15, 0.2) is 0 Å². The summed E-state index contributed by atoms with van der Waals surface area (Å²) in [7, 11) is 1.62. The van der Waals surface area contributed by atoms with Crippen molar-refractivity contribution in [3.8, 4) is 0 Å². The summed E-state index contributed by atoms with van der Waals surface area (Å²) in [5, 5.41) is 11.7. The van der Waals surface area contributed by atoms with Crippen molar-refractivity contribution in [1.82, 2.24) is 4.98 Å². The van der Waals surface area contributed by atoms with Crippen LogP contribution < -0.4 is 5.32 Å². The molecular weight excluding hydrogens is 224 g/mol. The van der Waals surface area contributed by atoms with Crippen molar-refractivity contribution in [2.45, 2.75) is 0 Å². The number of pyridine rings is 1. The molecule has 17 heavy (non-hydrogen) atoms. The first-order chi connectivity index (χ1) is 8.24. The molecule has 0 bridgehead atoms. The molecule has 1 rings (SSSR count). The lowest BCUT2D eigenvalue weighted by molar-refractivity contribution is 0.0690. The summed E-state index contributed by atoms with van der Waals surface area (Å²) in [6, 6.07) is 3.13. The van der Waals surface area contributed by atoms with Crippen LogP contribution in [-0.4, -0.2) is 49.5 Å². The maximum Gasteiger partial charge on any atom is 0.354 e. The summed E-state index contributed by atoms with van der Waals surface area (Å²) in [6.45, 7) is 2.34. The lowest BCUT2D eigenvalue weighted by atomic mass is 10.3. The molecule has 0 amide bonds. The average Bonchev–Trinajstić information content (AvgIpc) is 2.34. The molecule has 1 heterocycles. The topological polar surface area (TPSA) is 80.7 Å². The van der Waals surface area contributed by atoms with Crippen molar-refractivity contribution in [3.05, 3.63) is 24.0 Å². The molecule has 0 atom stereocenters. The number of hydrogen-bond acceptors (Lipinski definition) is 5. The first-order valence-corrected chi connectivity index (χ1v) is 5.24. The van der Waals surface area contributed by atoms with Gasteiger partial charge in [-0.25, -0.2) is 9.78 Å². The molecular formula is C11H16N2O4. The fraction of sp³-hybridized carbons (Fsp3) is 0.455. The summed E-state index contributed by atoms with van der Waals surface area (Å²) in [5.74, 6) is -1.03. The number of hydrogen-bond donors (Lipinski definition) is 2. The van der Waals surface area contributed by atoms with Crippen LogP contribution in [0.1, 0.15) is 10.5 Å². The number of aromatic nitrogens is 1. The summed E-state index contributed by atoms with van der Waals surface area (Å²) in [6.07, 6.45) is 1.48. The Labute approximate surface area is 99.6 Å². The SMILES string of the molecule is COCCOCCNc1ccc(C(=O)O)nc1. The minimum Gasteiger partial charge on any atom is -0.477 e. The van der Waals surface area contributed by atoms with Crippen molar-refractivity contribution in [1.29, 1.82) is 0 Å². The normalized spacial score (nSPS) is 10.2. The van der Waals surface area contributed by atoms with Crippen LogP contribution in [-0.2, 0) is 9.47 Å². The van der Waals surface area contributed by atoms with Crippen LogP contribution in [0.2, 0.25) is 0 Å². The van der Waals surface area contributed by atoms with E-state index in [1.165, 1.54) is 12.3 Å². The third-order valence-electron chi connectivity index (χ3n) is 1.99. The smallest absolute Gasteiger partial charge is 0.354 e. The third-order valence-corrected chi connectivity index (χ3v) is 1.99. The number of carboxylic acid groups (broad SMARTS) is 1. The Morgan fingerprint density at radius 2 is 2.24 bits per heavy atom. The molecule has 6 nitrogen and oxygen atoms in total. The molecule has 6 heteroatoms. The Morgan fingerprint density at radius 1 is 1.41 bits per heavy atom. The lowest BCUT2D eigenvalue weighted by Crippen LogP contribution is -2.12. The largest absolute Gasteiger partial charge is 0.477 e. The van der Waals surface area contributed by atoms with Gasteiger partial charge in [-0.15, -0.1) is 0 Å². The predicted molar refractivity (Wildman–Crippen MR) is 62.4 cm³/mol. The zero-order chi connectivity index (χ0) is 12.5. The molecule has 0 aliphatic carbocycles. The van der Waals surface area contributed by atoms with E-state index in [0.29, 0.717) is 26.4 Å². The number of anilines is 1. The van der Waals surface area contributed by atoms with E-state index in [1.807, 2.05) is 0 Å². The molecule has 0 unspecified atom stereocenters. The van der Waals surface area contributed by atoms with Gasteiger partial charge in [-0.1, -0.05) is 0 Å². The molecule has 0 saturated carbocycles. The molecule has 0 saturated heterocycles. The molecule has 0 aliphatic rings. The Hall–Kier alpha value is -1.66. The van der Waals surface area contributed by atoms with Crippen LogP contribution >= 0.6 is 0 Å². The van der Waals surface area contributed by atoms with E-state index in [2.05, 4.69) is 10.3 Å². The van der Waals surface area contributed by atoms with Gasteiger partial charge in [-0.2, -0.15) is 0 Å². The van der Waals surface area contributed by atoms with Crippen molar-refractivity contribution in [2.24, 2.45) is 0 Å². The number of nitrogens with zero attached hydrogens (tertiary/aromatic N) is 1. The van der Waals surface area contributed by atoms with Gasteiger partial charge in [0.2, 0.25) is 0 Å². The summed E-state index contributed by atoms with van der Waals surface area (Å²) >= 11 is 0. The Kier molecular flexibility index (Phi) is 5.98. The zero-order valence-electron chi connectivity index (χ0n) is 9.68. The zero-order valence-corrected chi connectivity index (χ0v) is 9.68. The lowest BCUT2D eigenvalue weighted by Gasteiger charge is -2.06. The fourth-order valence-corrected chi connectivity index (χ4v) is 1.14. The van der Waals surface area contributed by atoms with Gasteiger partial charge in [0, 0.05) is 13.7 Å². The van der Waals surface area contributed by atoms with E-state index < -0.39 is 5.97 Å². The number of ether oxygens (including phenoxy) is 2. The monoisotopic (exact) mass is 240 g/mol. The van der Waals surface area contributed by atoms with Gasteiger partial charge in [-0.3, -0.25) is 0 Å². The minimum atomic E-state index is -1.03. The average molecular weight is 240 g/mol. The molecule has 0 radical (unpaired) electrons. The van der Waals surface area contributed by atoms with Crippen molar-refractivity contribution in [3.63, 3.8) is 0 Å². The van der Waals surface area contributed by atoms with Gasteiger partial charge < -0.3 is 19.9 Å². The Morgan fingerprint density at radius 3 is 2.82 bits per heavy atom. The number of rotatable bonds is 8. The van der Waals surface area contributed by atoms with Crippen LogP contribution in [0.3, 0.4) is 0 Å². The number of nitrogens with one attached hydrogen (secondary N) is 1. The van der Waals surface area contributed by atoms with Crippen molar-refractivity contribution in [2.75, 3.05) is 38.8 Å². The van der Waals surface area contributed by atoms with Crippen molar-refractivity contribution >= 4 is 11.7 Å². The first-order valence-electron chi connectivity index (χ1n) is 5.24. The van der Waals surface area contributed by atoms with E-state index in [4.69, 9.17) is 14.6 Å². The Balaban J connectivity index is 2.21. The maximum atomic E-state index is 10.6. The molecule has 0 aliphatic heterocycles. The van der Waals surface area contributed by atoms with Crippen molar-refractivity contribution < 1.29 is 19.4 Å². The molecule has 0 aromatic carbocycles. The molecule has 2 N–H and O–H groups in total. The number of methoxy groups -OCH3 is 1. The molecule has 0 spiro atoms.